The average Bonchev–Trinajstić information content (AvgIpc) is 3.09. The number of rotatable bonds is 4. The first kappa shape index (κ1) is 15.9. The van der Waals surface area contributed by atoms with Gasteiger partial charge in [0.15, 0.2) is 11.5 Å². The Morgan fingerprint density at radius 1 is 1.22 bits per heavy atom. The molecule has 0 radical (unpaired) electrons. The second-order valence-corrected chi connectivity index (χ2v) is 6.78. The van der Waals surface area contributed by atoms with E-state index in [-0.39, 0.29) is 11.9 Å². The summed E-state index contributed by atoms with van der Waals surface area (Å²) in [6, 6.07) is 10.0. The van der Waals surface area contributed by atoms with Crippen LogP contribution in [0.4, 0.5) is 0 Å². The summed E-state index contributed by atoms with van der Waals surface area (Å²) in [6.45, 7) is 5.31. The Morgan fingerprint density at radius 3 is 2.70 bits per heavy atom. The van der Waals surface area contributed by atoms with E-state index in [1.807, 2.05) is 37.4 Å². The van der Waals surface area contributed by atoms with E-state index in [0.29, 0.717) is 13.2 Å². The maximum atomic E-state index is 12.5. The van der Waals surface area contributed by atoms with Gasteiger partial charge in [0, 0.05) is 18.0 Å². The first-order chi connectivity index (χ1) is 11.1. The quantitative estimate of drug-likeness (QED) is 0.848. The molecule has 23 heavy (non-hydrogen) atoms. The lowest BCUT2D eigenvalue weighted by molar-refractivity contribution is 0.0745. The second kappa shape index (κ2) is 6.62. The van der Waals surface area contributed by atoms with Gasteiger partial charge in [-0.25, -0.2) is 0 Å². The fourth-order valence-corrected chi connectivity index (χ4v) is 3.44. The summed E-state index contributed by atoms with van der Waals surface area (Å²) < 4.78 is 11.2. The lowest BCUT2D eigenvalue weighted by atomic mass is 10.1. The van der Waals surface area contributed by atoms with E-state index in [4.69, 9.17) is 9.47 Å². The molecule has 0 spiro atoms. The Kier molecular flexibility index (Phi) is 4.57. The largest absolute Gasteiger partial charge is 0.486 e. The Balaban J connectivity index is 1.83. The summed E-state index contributed by atoms with van der Waals surface area (Å²) in [7, 11) is 1.86. The minimum atomic E-state index is 0.0770. The number of ether oxygens (including phenoxy) is 2. The van der Waals surface area contributed by atoms with Crippen molar-refractivity contribution < 1.29 is 14.3 Å². The zero-order valence-corrected chi connectivity index (χ0v) is 14.5. The summed E-state index contributed by atoms with van der Waals surface area (Å²) in [5.41, 5.74) is 1.05. The molecule has 1 unspecified atom stereocenters. The van der Waals surface area contributed by atoms with Crippen molar-refractivity contribution in [1.82, 2.24) is 4.90 Å². The molecule has 0 saturated carbocycles. The van der Waals surface area contributed by atoms with E-state index in [1.165, 1.54) is 11.3 Å². The highest BCUT2D eigenvalue weighted by atomic mass is 32.1. The van der Waals surface area contributed by atoms with Gasteiger partial charge in [-0.3, -0.25) is 4.79 Å². The van der Waals surface area contributed by atoms with Crippen molar-refractivity contribution in [3.05, 3.63) is 35.2 Å². The van der Waals surface area contributed by atoms with Crippen LogP contribution in [-0.4, -0.2) is 37.1 Å². The SMILES string of the molecule is CCC(C)N(C)C(=O)c1ccc(-c2ccc3c(c2)OCCO3)s1. The summed E-state index contributed by atoms with van der Waals surface area (Å²) in [5, 5.41) is 0. The van der Waals surface area contributed by atoms with Gasteiger partial charge < -0.3 is 14.4 Å². The molecule has 4 nitrogen and oxygen atoms in total. The third kappa shape index (κ3) is 3.20. The highest BCUT2D eigenvalue weighted by molar-refractivity contribution is 7.17. The van der Waals surface area contributed by atoms with Crippen molar-refractivity contribution in [1.29, 1.82) is 0 Å². The molecule has 0 aliphatic carbocycles. The number of nitrogens with zero attached hydrogens (tertiary/aromatic N) is 1. The van der Waals surface area contributed by atoms with Crippen molar-refractivity contribution >= 4 is 17.2 Å². The second-order valence-electron chi connectivity index (χ2n) is 5.70. The number of hydrogen-bond donors (Lipinski definition) is 0. The first-order valence-corrected chi connectivity index (χ1v) is 8.68. The Hall–Kier alpha value is -2.01. The van der Waals surface area contributed by atoms with Crippen LogP contribution < -0.4 is 9.47 Å². The molecule has 5 heteroatoms. The predicted octanol–water partition coefficient (Wildman–Crippen LogP) is 4.06. The Bertz CT molecular complexity index is 710. The molecule has 1 aromatic heterocycles. The van der Waals surface area contributed by atoms with Gasteiger partial charge in [-0.2, -0.15) is 0 Å². The average molecular weight is 331 g/mol. The van der Waals surface area contributed by atoms with Crippen molar-refractivity contribution in [3.8, 4) is 21.9 Å². The molecule has 122 valence electrons. The maximum Gasteiger partial charge on any atom is 0.263 e. The third-order valence-corrected chi connectivity index (χ3v) is 5.34. The lowest BCUT2D eigenvalue weighted by Gasteiger charge is -2.23. The molecule has 0 saturated heterocycles. The van der Waals surface area contributed by atoms with E-state index in [0.717, 1.165) is 33.2 Å². The smallest absolute Gasteiger partial charge is 0.263 e. The first-order valence-electron chi connectivity index (χ1n) is 7.87. The normalized spacial score (nSPS) is 14.4. The zero-order chi connectivity index (χ0) is 16.4. The molecule has 2 heterocycles. The highest BCUT2D eigenvalue weighted by Crippen LogP contribution is 2.37. The molecule has 1 aliphatic rings. The van der Waals surface area contributed by atoms with Gasteiger partial charge in [0.05, 0.1) is 4.88 Å². The maximum absolute atomic E-state index is 12.5. The number of benzene rings is 1. The van der Waals surface area contributed by atoms with Gasteiger partial charge in [-0.15, -0.1) is 11.3 Å². The molecule has 1 aromatic carbocycles. The van der Waals surface area contributed by atoms with Gasteiger partial charge in [-0.1, -0.05) is 6.92 Å². The van der Waals surface area contributed by atoms with Crippen molar-refractivity contribution in [3.63, 3.8) is 0 Å². The zero-order valence-electron chi connectivity index (χ0n) is 13.7. The summed E-state index contributed by atoms with van der Waals surface area (Å²) >= 11 is 1.51. The van der Waals surface area contributed by atoms with Crippen LogP contribution in [0.15, 0.2) is 30.3 Å². The van der Waals surface area contributed by atoms with Crippen LogP contribution in [0.5, 0.6) is 11.5 Å². The number of carbonyl (C=O) groups is 1. The molecular weight excluding hydrogens is 310 g/mol. The monoisotopic (exact) mass is 331 g/mol. The Labute approximate surface area is 140 Å². The summed E-state index contributed by atoms with van der Waals surface area (Å²) in [6.07, 6.45) is 0.947. The van der Waals surface area contributed by atoms with Crippen molar-refractivity contribution in [2.75, 3.05) is 20.3 Å². The van der Waals surface area contributed by atoms with Crippen LogP contribution in [0, 0.1) is 0 Å². The highest BCUT2D eigenvalue weighted by Gasteiger charge is 2.19. The molecule has 0 bridgehead atoms. The fourth-order valence-electron chi connectivity index (χ4n) is 2.45. The van der Waals surface area contributed by atoms with Crippen LogP contribution in [-0.2, 0) is 0 Å². The molecular formula is C18H21NO3S. The summed E-state index contributed by atoms with van der Waals surface area (Å²) in [5.74, 6) is 1.63. The predicted molar refractivity (Wildman–Crippen MR) is 92.6 cm³/mol. The molecule has 3 rings (SSSR count). The number of fused-ring (bicyclic) bond motifs is 1. The van der Waals surface area contributed by atoms with Gasteiger partial charge in [-0.05, 0) is 49.2 Å². The van der Waals surface area contributed by atoms with Gasteiger partial charge >= 0.3 is 0 Å². The van der Waals surface area contributed by atoms with Gasteiger partial charge in [0.25, 0.3) is 5.91 Å². The molecule has 2 aromatic rings. The molecule has 0 N–H and O–H groups in total. The minimum absolute atomic E-state index is 0.0770. The Morgan fingerprint density at radius 2 is 1.96 bits per heavy atom. The molecule has 1 amide bonds. The standard InChI is InChI=1S/C18H21NO3S/c1-4-12(2)19(3)18(20)17-8-7-16(23-17)13-5-6-14-15(11-13)22-10-9-21-14/h5-8,11-12H,4,9-10H2,1-3H3. The third-order valence-electron chi connectivity index (χ3n) is 4.22. The molecule has 1 atom stereocenters. The van der Waals surface area contributed by atoms with E-state index < -0.39 is 0 Å². The number of carbonyl (C=O) groups excluding carboxylic acids is 1. The topological polar surface area (TPSA) is 38.8 Å². The van der Waals surface area contributed by atoms with Gasteiger partial charge in [0.1, 0.15) is 13.2 Å². The van der Waals surface area contributed by atoms with Crippen LogP contribution >= 0.6 is 11.3 Å². The van der Waals surface area contributed by atoms with E-state index in [1.54, 1.807) is 4.90 Å². The van der Waals surface area contributed by atoms with Crippen LogP contribution in [0.2, 0.25) is 0 Å². The lowest BCUT2D eigenvalue weighted by Crippen LogP contribution is -2.34. The van der Waals surface area contributed by atoms with Crippen LogP contribution in [0.3, 0.4) is 0 Å². The van der Waals surface area contributed by atoms with E-state index in [2.05, 4.69) is 13.8 Å². The van der Waals surface area contributed by atoms with E-state index >= 15 is 0 Å². The number of thiophene rings is 1. The van der Waals surface area contributed by atoms with Gasteiger partial charge in [0.2, 0.25) is 0 Å². The van der Waals surface area contributed by atoms with E-state index in [9.17, 15) is 4.79 Å². The summed E-state index contributed by atoms with van der Waals surface area (Å²) in [4.78, 5) is 16.1. The van der Waals surface area contributed by atoms with Crippen LogP contribution in [0.25, 0.3) is 10.4 Å². The molecule has 1 aliphatic heterocycles. The minimum Gasteiger partial charge on any atom is -0.486 e. The fraction of sp³-hybridized carbons (Fsp3) is 0.389. The number of hydrogen-bond acceptors (Lipinski definition) is 4. The molecule has 0 fully saturated rings. The van der Waals surface area contributed by atoms with Crippen LogP contribution in [0.1, 0.15) is 29.9 Å². The van der Waals surface area contributed by atoms with Crippen molar-refractivity contribution in [2.24, 2.45) is 0 Å². The number of amides is 1. The van der Waals surface area contributed by atoms with Crippen molar-refractivity contribution in [2.45, 2.75) is 26.3 Å².